The summed E-state index contributed by atoms with van der Waals surface area (Å²) in [7, 11) is 1.73. The summed E-state index contributed by atoms with van der Waals surface area (Å²) in [6.07, 6.45) is 0.501. The minimum absolute atomic E-state index is 0.0632. The van der Waals surface area contributed by atoms with Crippen molar-refractivity contribution < 1.29 is 13.9 Å². The number of ether oxygens (including phenoxy) is 1. The van der Waals surface area contributed by atoms with Crippen LogP contribution < -0.4 is 10.5 Å². The van der Waals surface area contributed by atoms with Gasteiger partial charge in [-0.1, -0.05) is 0 Å². The Hall–Kier alpha value is -1.62. The molecule has 0 radical (unpaired) electrons. The van der Waals surface area contributed by atoms with Gasteiger partial charge in [-0.15, -0.1) is 0 Å². The maximum Gasteiger partial charge on any atom is 0.260 e. The van der Waals surface area contributed by atoms with Crippen LogP contribution in [-0.2, 0) is 11.2 Å². The van der Waals surface area contributed by atoms with Gasteiger partial charge in [-0.25, -0.2) is 4.39 Å². The fourth-order valence-electron chi connectivity index (χ4n) is 1.72. The molecule has 1 unspecified atom stereocenters. The van der Waals surface area contributed by atoms with E-state index in [0.717, 1.165) is 0 Å². The van der Waals surface area contributed by atoms with Crippen molar-refractivity contribution in [3.05, 3.63) is 29.6 Å². The summed E-state index contributed by atoms with van der Waals surface area (Å²) in [5.41, 5.74) is 6.41. The van der Waals surface area contributed by atoms with Gasteiger partial charge in [0.2, 0.25) is 0 Å². The zero-order valence-corrected chi connectivity index (χ0v) is 12.5. The quantitative estimate of drug-likeness (QED) is 0.867. The second kappa shape index (κ2) is 7.24. The van der Waals surface area contributed by atoms with Gasteiger partial charge in [0.15, 0.2) is 6.61 Å². The first-order valence-electron chi connectivity index (χ1n) is 6.73. The number of likely N-dealkylation sites (N-methyl/N-ethyl adjacent to an activating group) is 1. The smallest absolute Gasteiger partial charge is 0.260 e. The highest BCUT2D eigenvalue weighted by Crippen LogP contribution is 2.21. The number of carbonyl (C=O) groups excluding carboxylic acids is 1. The Morgan fingerprint density at radius 3 is 2.60 bits per heavy atom. The molecule has 0 aromatic heterocycles. The fourth-order valence-corrected chi connectivity index (χ4v) is 1.72. The first-order chi connectivity index (χ1) is 9.31. The molecule has 0 aliphatic carbocycles. The minimum Gasteiger partial charge on any atom is -0.483 e. The zero-order valence-electron chi connectivity index (χ0n) is 12.5. The molecule has 112 valence electrons. The van der Waals surface area contributed by atoms with Gasteiger partial charge in [0.1, 0.15) is 11.6 Å². The van der Waals surface area contributed by atoms with Crippen molar-refractivity contribution in [3.63, 3.8) is 0 Å². The zero-order chi connectivity index (χ0) is 15.3. The molecule has 0 saturated heterocycles. The topological polar surface area (TPSA) is 55.6 Å². The second-order valence-electron chi connectivity index (χ2n) is 5.32. The lowest BCUT2D eigenvalue weighted by molar-refractivity contribution is -0.133. The molecule has 1 atom stereocenters. The SMILES string of the molecule is CC(N)Cc1cc(F)ccc1OCC(=O)N(C)C(C)C. The standard InChI is InChI=1S/C15H23FN2O2/c1-10(2)18(4)15(19)9-20-14-6-5-13(16)8-12(14)7-11(3)17/h5-6,8,10-11H,7,9,17H2,1-4H3. The van der Waals surface area contributed by atoms with E-state index in [1.807, 2.05) is 20.8 Å². The van der Waals surface area contributed by atoms with E-state index in [1.54, 1.807) is 11.9 Å². The highest BCUT2D eigenvalue weighted by atomic mass is 19.1. The maximum atomic E-state index is 13.3. The summed E-state index contributed by atoms with van der Waals surface area (Å²) in [6, 6.07) is 4.26. The van der Waals surface area contributed by atoms with E-state index in [-0.39, 0.29) is 30.4 Å². The highest BCUT2D eigenvalue weighted by Gasteiger charge is 2.14. The third kappa shape index (κ3) is 4.81. The van der Waals surface area contributed by atoms with Crippen molar-refractivity contribution in [3.8, 4) is 5.75 Å². The van der Waals surface area contributed by atoms with Gasteiger partial charge in [-0.2, -0.15) is 0 Å². The number of halogens is 1. The van der Waals surface area contributed by atoms with Crippen LogP contribution >= 0.6 is 0 Å². The van der Waals surface area contributed by atoms with Gasteiger partial charge in [-0.3, -0.25) is 4.79 Å². The second-order valence-corrected chi connectivity index (χ2v) is 5.32. The van der Waals surface area contributed by atoms with E-state index in [2.05, 4.69) is 0 Å². The third-order valence-corrected chi connectivity index (χ3v) is 3.08. The van der Waals surface area contributed by atoms with Gasteiger partial charge in [0.25, 0.3) is 5.91 Å². The van der Waals surface area contributed by atoms with Crippen molar-refractivity contribution in [2.24, 2.45) is 5.73 Å². The van der Waals surface area contributed by atoms with Crippen LogP contribution in [0.1, 0.15) is 26.3 Å². The molecule has 0 heterocycles. The van der Waals surface area contributed by atoms with Crippen LogP contribution in [0, 0.1) is 5.82 Å². The van der Waals surface area contributed by atoms with Crippen LogP contribution in [0.3, 0.4) is 0 Å². The van der Waals surface area contributed by atoms with E-state index < -0.39 is 0 Å². The molecule has 0 aliphatic heterocycles. The molecule has 2 N–H and O–H groups in total. The summed E-state index contributed by atoms with van der Waals surface area (Å²) in [5, 5.41) is 0. The van der Waals surface area contributed by atoms with E-state index in [9.17, 15) is 9.18 Å². The van der Waals surface area contributed by atoms with Crippen molar-refractivity contribution in [1.29, 1.82) is 0 Å². The van der Waals surface area contributed by atoms with Gasteiger partial charge in [0.05, 0.1) is 0 Å². The lowest BCUT2D eigenvalue weighted by Gasteiger charge is -2.22. The molecule has 0 bridgehead atoms. The van der Waals surface area contributed by atoms with Crippen LogP contribution in [0.25, 0.3) is 0 Å². The lowest BCUT2D eigenvalue weighted by atomic mass is 10.1. The summed E-state index contributed by atoms with van der Waals surface area (Å²) in [4.78, 5) is 13.5. The average Bonchev–Trinajstić information content (AvgIpc) is 2.35. The lowest BCUT2D eigenvalue weighted by Crippen LogP contribution is -2.36. The molecule has 20 heavy (non-hydrogen) atoms. The highest BCUT2D eigenvalue weighted by molar-refractivity contribution is 5.77. The van der Waals surface area contributed by atoms with Crippen LogP contribution in [0.4, 0.5) is 4.39 Å². The molecule has 0 aliphatic rings. The molecule has 1 aromatic rings. The number of carbonyl (C=O) groups is 1. The van der Waals surface area contributed by atoms with Crippen LogP contribution in [-0.4, -0.2) is 36.5 Å². The molecule has 1 rings (SSSR count). The fraction of sp³-hybridized carbons (Fsp3) is 0.533. The Kier molecular flexibility index (Phi) is 5.95. The number of rotatable bonds is 6. The van der Waals surface area contributed by atoms with E-state index in [1.165, 1.54) is 18.2 Å². The Bertz CT molecular complexity index is 461. The van der Waals surface area contributed by atoms with Crippen molar-refractivity contribution in [1.82, 2.24) is 4.90 Å². The molecule has 5 heteroatoms. The normalized spacial score (nSPS) is 12.3. The largest absolute Gasteiger partial charge is 0.483 e. The Morgan fingerprint density at radius 2 is 2.05 bits per heavy atom. The van der Waals surface area contributed by atoms with E-state index in [0.29, 0.717) is 17.7 Å². The molecule has 0 fully saturated rings. The number of benzene rings is 1. The van der Waals surface area contributed by atoms with Gasteiger partial charge in [-0.05, 0) is 51.0 Å². The molecule has 0 saturated carbocycles. The number of hydrogen-bond acceptors (Lipinski definition) is 3. The predicted octanol–water partition coefficient (Wildman–Crippen LogP) is 1.96. The van der Waals surface area contributed by atoms with Crippen LogP contribution in [0.5, 0.6) is 5.75 Å². The minimum atomic E-state index is -0.335. The third-order valence-electron chi connectivity index (χ3n) is 3.08. The summed E-state index contributed by atoms with van der Waals surface area (Å²) in [5.74, 6) is 0.0592. The van der Waals surface area contributed by atoms with Crippen LogP contribution in [0.15, 0.2) is 18.2 Å². The summed E-state index contributed by atoms with van der Waals surface area (Å²) >= 11 is 0. The van der Waals surface area contributed by atoms with Crippen molar-refractivity contribution in [2.75, 3.05) is 13.7 Å². The maximum absolute atomic E-state index is 13.3. The number of nitrogens with zero attached hydrogens (tertiary/aromatic N) is 1. The molecule has 1 aromatic carbocycles. The van der Waals surface area contributed by atoms with Crippen molar-refractivity contribution >= 4 is 5.91 Å². The van der Waals surface area contributed by atoms with E-state index in [4.69, 9.17) is 10.5 Å². The molecule has 4 nitrogen and oxygen atoms in total. The molecular formula is C15H23FN2O2. The Balaban J connectivity index is 2.74. The van der Waals surface area contributed by atoms with E-state index >= 15 is 0 Å². The predicted molar refractivity (Wildman–Crippen MR) is 77.2 cm³/mol. The monoisotopic (exact) mass is 282 g/mol. The first kappa shape index (κ1) is 16.4. The van der Waals surface area contributed by atoms with Gasteiger partial charge < -0.3 is 15.4 Å². The molecule has 0 spiro atoms. The van der Waals surface area contributed by atoms with Crippen molar-refractivity contribution in [2.45, 2.75) is 39.3 Å². The van der Waals surface area contributed by atoms with Crippen LogP contribution in [0.2, 0.25) is 0 Å². The van der Waals surface area contributed by atoms with Gasteiger partial charge in [0, 0.05) is 19.1 Å². The summed E-state index contributed by atoms with van der Waals surface area (Å²) in [6.45, 7) is 5.63. The molecule has 1 amide bonds. The average molecular weight is 282 g/mol. The number of nitrogens with two attached hydrogens (primary N) is 1. The number of hydrogen-bond donors (Lipinski definition) is 1. The molecular weight excluding hydrogens is 259 g/mol. The number of amides is 1. The van der Waals surface area contributed by atoms with Gasteiger partial charge >= 0.3 is 0 Å². The Morgan fingerprint density at radius 1 is 1.40 bits per heavy atom. The Labute approximate surface area is 119 Å². The first-order valence-corrected chi connectivity index (χ1v) is 6.73. The summed E-state index contributed by atoms with van der Waals surface area (Å²) < 4.78 is 18.8.